The van der Waals surface area contributed by atoms with Crippen LogP contribution in [0.25, 0.3) is 33.5 Å². The van der Waals surface area contributed by atoms with Crippen molar-refractivity contribution in [2.24, 2.45) is 5.14 Å². The number of aromatic amines is 1. The molecule has 0 atom stereocenters. The number of hydrogen-bond acceptors (Lipinski definition) is 4. The Morgan fingerprint density at radius 1 is 0.962 bits per heavy atom. The third-order valence-corrected chi connectivity index (χ3v) is 4.93. The van der Waals surface area contributed by atoms with Crippen LogP contribution in [0.2, 0.25) is 0 Å². The van der Waals surface area contributed by atoms with Gasteiger partial charge in [0.05, 0.1) is 10.6 Å². The van der Waals surface area contributed by atoms with Crippen LogP contribution in [-0.2, 0) is 10.0 Å². The first kappa shape index (κ1) is 16.4. The van der Waals surface area contributed by atoms with Gasteiger partial charge in [-0.15, -0.1) is 0 Å². The van der Waals surface area contributed by atoms with Crippen LogP contribution in [0.15, 0.2) is 65.8 Å². The monoisotopic (exact) mass is 368 g/mol. The summed E-state index contributed by atoms with van der Waals surface area (Å²) in [6, 6.07) is 14.2. The van der Waals surface area contributed by atoms with Crippen molar-refractivity contribution in [3.8, 4) is 22.5 Å². The fourth-order valence-corrected chi connectivity index (χ4v) is 3.33. The first-order valence-corrected chi connectivity index (χ1v) is 9.19. The number of nitrogens with zero attached hydrogens (tertiary/aromatic N) is 2. The summed E-state index contributed by atoms with van der Waals surface area (Å²) in [7, 11) is -3.82. The van der Waals surface area contributed by atoms with E-state index in [1.165, 1.54) is 30.6 Å². The summed E-state index contributed by atoms with van der Waals surface area (Å²) in [6.45, 7) is 0. The topological polar surface area (TPSA) is 102 Å². The number of halogens is 1. The van der Waals surface area contributed by atoms with Gasteiger partial charge in [0.2, 0.25) is 10.0 Å². The minimum Gasteiger partial charge on any atom is -0.339 e. The Labute approximate surface area is 148 Å². The number of sulfonamides is 1. The summed E-state index contributed by atoms with van der Waals surface area (Å²) in [5.74, 6) is -0.315. The first-order valence-electron chi connectivity index (χ1n) is 7.65. The molecule has 26 heavy (non-hydrogen) atoms. The van der Waals surface area contributed by atoms with E-state index in [1.54, 1.807) is 24.3 Å². The van der Waals surface area contributed by atoms with Crippen molar-refractivity contribution in [1.29, 1.82) is 0 Å². The predicted octanol–water partition coefficient (Wildman–Crippen LogP) is 3.08. The zero-order valence-electron chi connectivity index (χ0n) is 13.3. The smallest absolute Gasteiger partial charge is 0.238 e. The molecule has 2 heterocycles. The third kappa shape index (κ3) is 2.96. The van der Waals surface area contributed by atoms with Gasteiger partial charge >= 0.3 is 0 Å². The maximum atomic E-state index is 13.1. The minimum absolute atomic E-state index is 0.0102. The van der Waals surface area contributed by atoms with Gasteiger partial charge in [-0.3, -0.25) is 0 Å². The van der Waals surface area contributed by atoms with Crippen molar-refractivity contribution >= 4 is 21.1 Å². The first-order chi connectivity index (χ1) is 12.4. The van der Waals surface area contributed by atoms with Crippen molar-refractivity contribution in [1.82, 2.24) is 15.0 Å². The Hall–Kier alpha value is -3.10. The number of fused-ring (bicyclic) bond motifs is 1. The highest BCUT2D eigenvalue weighted by Crippen LogP contribution is 2.30. The van der Waals surface area contributed by atoms with Crippen LogP contribution in [0.5, 0.6) is 0 Å². The van der Waals surface area contributed by atoms with Crippen LogP contribution in [0.4, 0.5) is 4.39 Å². The van der Waals surface area contributed by atoms with Crippen LogP contribution in [-0.4, -0.2) is 23.4 Å². The van der Waals surface area contributed by atoms with E-state index in [-0.39, 0.29) is 10.7 Å². The molecule has 0 aliphatic rings. The summed E-state index contributed by atoms with van der Waals surface area (Å²) < 4.78 is 36.3. The lowest BCUT2D eigenvalue weighted by Gasteiger charge is -2.04. The van der Waals surface area contributed by atoms with E-state index >= 15 is 0 Å². The summed E-state index contributed by atoms with van der Waals surface area (Å²) in [5.41, 5.74) is 3.33. The van der Waals surface area contributed by atoms with E-state index in [4.69, 9.17) is 5.14 Å². The lowest BCUT2D eigenvalue weighted by molar-refractivity contribution is 0.598. The molecule has 4 rings (SSSR count). The number of nitrogens with two attached hydrogens (primary N) is 1. The number of H-pyrrole nitrogens is 1. The number of benzene rings is 2. The van der Waals surface area contributed by atoms with Crippen molar-refractivity contribution in [3.05, 3.63) is 66.7 Å². The standard InChI is InChI=1S/C18H13FN4O2S/c19-13-6-4-11(5-7-13)16-9-15-17(21-10-22-18(15)23-16)12-2-1-3-14(8-12)26(20,24)25/h1-10H,(H2,20,24,25)(H,21,22,23). The number of rotatable bonds is 3. The fourth-order valence-electron chi connectivity index (χ4n) is 2.78. The Bertz CT molecular complexity index is 1220. The molecule has 0 saturated carbocycles. The van der Waals surface area contributed by atoms with E-state index < -0.39 is 10.0 Å². The highest BCUT2D eigenvalue weighted by Gasteiger charge is 2.14. The second kappa shape index (κ2) is 6.01. The molecule has 0 unspecified atom stereocenters. The number of hydrogen-bond donors (Lipinski definition) is 2. The molecular formula is C18H13FN4O2S. The lowest BCUT2D eigenvalue weighted by Crippen LogP contribution is -2.11. The number of aromatic nitrogens is 3. The Balaban J connectivity index is 1.88. The molecule has 0 fully saturated rings. The van der Waals surface area contributed by atoms with Gasteiger partial charge in [-0.1, -0.05) is 12.1 Å². The van der Waals surface area contributed by atoms with Crippen molar-refractivity contribution in [3.63, 3.8) is 0 Å². The van der Waals surface area contributed by atoms with Crippen LogP contribution in [0.3, 0.4) is 0 Å². The molecule has 2 aromatic carbocycles. The van der Waals surface area contributed by atoms with Gasteiger partial charge in [0, 0.05) is 16.6 Å². The largest absolute Gasteiger partial charge is 0.339 e. The van der Waals surface area contributed by atoms with Gasteiger partial charge in [0.15, 0.2) is 0 Å². The Morgan fingerprint density at radius 2 is 1.73 bits per heavy atom. The molecule has 130 valence electrons. The summed E-state index contributed by atoms with van der Waals surface area (Å²) in [5, 5.41) is 5.93. The highest BCUT2D eigenvalue weighted by atomic mass is 32.2. The quantitative estimate of drug-likeness (QED) is 0.580. The normalized spacial score (nSPS) is 11.8. The zero-order valence-corrected chi connectivity index (χ0v) is 14.2. The van der Waals surface area contributed by atoms with Gasteiger partial charge in [-0.25, -0.2) is 27.9 Å². The van der Waals surface area contributed by atoms with Gasteiger partial charge in [-0.2, -0.15) is 0 Å². The second-order valence-electron chi connectivity index (χ2n) is 5.75. The van der Waals surface area contributed by atoms with Gasteiger partial charge in [0.1, 0.15) is 17.8 Å². The summed E-state index contributed by atoms with van der Waals surface area (Å²) >= 11 is 0. The Kier molecular flexibility index (Phi) is 3.78. The number of primary sulfonamides is 1. The van der Waals surface area contributed by atoms with Crippen molar-refractivity contribution in [2.45, 2.75) is 4.90 Å². The molecule has 6 nitrogen and oxygen atoms in total. The molecule has 0 aliphatic carbocycles. The van der Waals surface area contributed by atoms with E-state index in [1.807, 2.05) is 6.07 Å². The van der Waals surface area contributed by atoms with E-state index in [0.29, 0.717) is 16.9 Å². The molecule has 0 saturated heterocycles. The average Bonchev–Trinajstić information content (AvgIpc) is 3.06. The van der Waals surface area contributed by atoms with Crippen LogP contribution in [0, 0.1) is 5.82 Å². The SMILES string of the molecule is NS(=O)(=O)c1cccc(-c2ncnc3[nH]c(-c4ccc(F)cc4)cc23)c1. The van der Waals surface area contributed by atoms with Gasteiger partial charge < -0.3 is 4.98 Å². The maximum absolute atomic E-state index is 13.1. The zero-order chi connectivity index (χ0) is 18.3. The predicted molar refractivity (Wildman–Crippen MR) is 96.1 cm³/mol. The van der Waals surface area contributed by atoms with Crippen LogP contribution >= 0.6 is 0 Å². The third-order valence-electron chi connectivity index (χ3n) is 4.02. The summed E-state index contributed by atoms with van der Waals surface area (Å²) in [6.07, 6.45) is 1.40. The molecule has 0 bridgehead atoms. The van der Waals surface area contributed by atoms with Crippen LogP contribution in [0.1, 0.15) is 0 Å². The van der Waals surface area contributed by atoms with Gasteiger partial charge in [-0.05, 0) is 48.0 Å². The molecule has 4 aromatic rings. The minimum atomic E-state index is -3.82. The molecule has 0 aliphatic heterocycles. The van der Waals surface area contributed by atoms with Gasteiger partial charge in [0.25, 0.3) is 0 Å². The van der Waals surface area contributed by atoms with Crippen molar-refractivity contribution in [2.75, 3.05) is 0 Å². The highest BCUT2D eigenvalue weighted by molar-refractivity contribution is 7.89. The molecule has 0 radical (unpaired) electrons. The second-order valence-corrected chi connectivity index (χ2v) is 7.31. The molecule has 2 aromatic heterocycles. The molecule has 0 spiro atoms. The van der Waals surface area contributed by atoms with Crippen LogP contribution < -0.4 is 5.14 Å². The van der Waals surface area contributed by atoms with Crippen molar-refractivity contribution < 1.29 is 12.8 Å². The van der Waals surface area contributed by atoms with E-state index in [9.17, 15) is 12.8 Å². The summed E-state index contributed by atoms with van der Waals surface area (Å²) in [4.78, 5) is 11.7. The molecular weight excluding hydrogens is 355 g/mol. The molecule has 0 amide bonds. The lowest BCUT2D eigenvalue weighted by atomic mass is 10.1. The molecule has 8 heteroatoms. The fraction of sp³-hybridized carbons (Fsp3) is 0. The van der Waals surface area contributed by atoms with E-state index in [2.05, 4.69) is 15.0 Å². The maximum Gasteiger partial charge on any atom is 0.238 e. The van der Waals surface area contributed by atoms with E-state index in [0.717, 1.165) is 16.6 Å². The molecule has 3 N–H and O–H groups in total. The Morgan fingerprint density at radius 3 is 2.46 bits per heavy atom. The number of nitrogens with one attached hydrogen (secondary N) is 1. The average molecular weight is 368 g/mol.